The van der Waals surface area contributed by atoms with Gasteiger partial charge in [-0.25, -0.2) is 4.68 Å². The number of aliphatic hydroxyl groups excluding tert-OH is 1. The highest BCUT2D eigenvalue weighted by molar-refractivity contribution is 5.73. The highest BCUT2D eigenvalue weighted by Crippen LogP contribution is 2.16. The number of hydrogen-bond donors (Lipinski definition) is 1. The Hall–Kier alpha value is -1.23. The van der Waals surface area contributed by atoms with Crippen molar-refractivity contribution < 1.29 is 9.90 Å². The van der Waals surface area contributed by atoms with Crippen LogP contribution in [0.25, 0.3) is 0 Å². The summed E-state index contributed by atoms with van der Waals surface area (Å²) in [6, 6.07) is 0.174. The van der Waals surface area contributed by atoms with Crippen LogP contribution in [0, 0.1) is 0 Å². The maximum absolute atomic E-state index is 10.7. The fourth-order valence-corrected chi connectivity index (χ4v) is 1.62. The molecule has 0 aliphatic rings. The van der Waals surface area contributed by atoms with Gasteiger partial charge in [0.2, 0.25) is 0 Å². The lowest BCUT2D eigenvalue weighted by Gasteiger charge is -2.13. The van der Waals surface area contributed by atoms with Crippen molar-refractivity contribution in [3.63, 3.8) is 0 Å². The first-order valence-electron chi connectivity index (χ1n) is 5.24. The molecule has 1 unspecified atom stereocenters. The molecule has 1 atom stereocenters. The first-order valence-corrected chi connectivity index (χ1v) is 5.24. The van der Waals surface area contributed by atoms with E-state index >= 15 is 0 Å². The molecule has 0 saturated heterocycles. The maximum Gasteiger partial charge on any atom is 0.172 e. The minimum absolute atomic E-state index is 0.174. The third-order valence-electron chi connectivity index (χ3n) is 2.47. The Morgan fingerprint density at radius 3 is 2.87 bits per heavy atom. The van der Waals surface area contributed by atoms with E-state index in [1.807, 2.05) is 13.8 Å². The van der Waals surface area contributed by atoms with Crippen LogP contribution in [0.5, 0.6) is 0 Å². The van der Waals surface area contributed by atoms with Crippen LogP contribution in [-0.2, 0) is 6.42 Å². The van der Waals surface area contributed by atoms with Gasteiger partial charge >= 0.3 is 0 Å². The van der Waals surface area contributed by atoms with Crippen LogP contribution in [0.4, 0.5) is 0 Å². The van der Waals surface area contributed by atoms with Gasteiger partial charge in [-0.1, -0.05) is 12.1 Å². The van der Waals surface area contributed by atoms with Crippen LogP contribution in [0.3, 0.4) is 0 Å². The van der Waals surface area contributed by atoms with E-state index in [9.17, 15) is 4.79 Å². The molecule has 0 bridgehead atoms. The Labute approximate surface area is 89.1 Å². The molecular formula is C10H17N3O2. The number of aliphatic hydroxyl groups is 1. The predicted molar refractivity (Wildman–Crippen MR) is 55.8 cm³/mol. The minimum atomic E-state index is 0.174. The largest absolute Gasteiger partial charge is 0.396 e. The number of carbonyl (C=O) groups excluding carboxylic acids is 1. The minimum Gasteiger partial charge on any atom is -0.396 e. The Morgan fingerprint density at radius 2 is 2.33 bits per heavy atom. The molecule has 5 nitrogen and oxygen atoms in total. The van der Waals surface area contributed by atoms with Gasteiger partial charge in [0, 0.05) is 6.61 Å². The van der Waals surface area contributed by atoms with E-state index in [1.165, 1.54) is 0 Å². The summed E-state index contributed by atoms with van der Waals surface area (Å²) in [4.78, 5) is 10.7. The lowest BCUT2D eigenvalue weighted by molar-refractivity contribution is 0.111. The van der Waals surface area contributed by atoms with Gasteiger partial charge in [0.05, 0.1) is 11.7 Å². The van der Waals surface area contributed by atoms with Gasteiger partial charge in [-0.05, 0) is 26.2 Å². The number of rotatable bonds is 6. The molecule has 0 saturated carbocycles. The summed E-state index contributed by atoms with van der Waals surface area (Å²) in [5.74, 6) is 0. The van der Waals surface area contributed by atoms with Gasteiger partial charge < -0.3 is 5.11 Å². The Morgan fingerprint density at radius 1 is 1.60 bits per heavy atom. The summed E-state index contributed by atoms with van der Waals surface area (Å²) in [5, 5.41) is 16.5. The molecule has 0 aromatic carbocycles. The summed E-state index contributed by atoms with van der Waals surface area (Å²) in [5.41, 5.74) is 1.30. The topological polar surface area (TPSA) is 68.0 Å². The summed E-state index contributed by atoms with van der Waals surface area (Å²) in [6.07, 6.45) is 3.05. The van der Waals surface area contributed by atoms with Crippen molar-refractivity contribution in [3.05, 3.63) is 11.4 Å². The number of aldehydes is 1. The van der Waals surface area contributed by atoms with E-state index in [0.29, 0.717) is 5.69 Å². The van der Waals surface area contributed by atoms with E-state index in [2.05, 4.69) is 10.3 Å². The van der Waals surface area contributed by atoms with Gasteiger partial charge in [-0.15, -0.1) is 5.10 Å². The van der Waals surface area contributed by atoms with Crippen molar-refractivity contribution in [2.45, 2.75) is 39.2 Å². The highest BCUT2D eigenvalue weighted by atomic mass is 16.2. The molecule has 1 aromatic heterocycles. The first-order chi connectivity index (χ1) is 7.24. The summed E-state index contributed by atoms with van der Waals surface area (Å²) >= 11 is 0. The third kappa shape index (κ3) is 2.62. The van der Waals surface area contributed by atoms with Crippen molar-refractivity contribution >= 4 is 6.29 Å². The molecule has 1 aromatic rings. The number of carbonyl (C=O) groups is 1. The number of aromatic nitrogens is 3. The van der Waals surface area contributed by atoms with Crippen molar-refractivity contribution in [1.82, 2.24) is 15.0 Å². The SMILES string of the molecule is CCc1c(C=O)nnn1C(C)CCCO. The molecule has 1 rings (SSSR count). The van der Waals surface area contributed by atoms with E-state index < -0.39 is 0 Å². The van der Waals surface area contributed by atoms with E-state index in [1.54, 1.807) is 4.68 Å². The fourth-order valence-electron chi connectivity index (χ4n) is 1.62. The third-order valence-corrected chi connectivity index (χ3v) is 2.47. The average molecular weight is 211 g/mol. The zero-order valence-electron chi connectivity index (χ0n) is 9.18. The Kier molecular flexibility index (Phi) is 4.42. The van der Waals surface area contributed by atoms with Gasteiger partial charge in [0.1, 0.15) is 5.69 Å². The summed E-state index contributed by atoms with van der Waals surface area (Å²) in [7, 11) is 0. The molecule has 0 spiro atoms. The van der Waals surface area contributed by atoms with E-state index in [0.717, 1.165) is 31.2 Å². The fraction of sp³-hybridized carbons (Fsp3) is 0.700. The van der Waals surface area contributed by atoms with Crippen LogP contribution < -0.4 is 0 Å². The van der Waals surface area contributed by atoms with Crippen molar-refractivity contribution in [2.75, 3.05) is 6.61 Å². The second-order valence-corrected chi connectivity index (χ2v) is 3.55. The molecule has 15 heavy (non-hydrogen) atoms. The van der Waals surface area contributed by atoms with Crippen LogP contribution in [0.15, 0.2) is 0 Å². The van der Waals surface area contributed by atoms with Crippen LogP contribution >= 0.6 is 0 Å². The molecule has 0 fully saturated rings. The monoisotopic (exact) mass is 211 g/mol. The van der Waals surface area contributed by atoms with E-state index in [4.69, 9.17) is 5.11 Å². The molecular weight excluding hydrogens is 194 g/mol. The lowest BCUT2D eigenvalue weighted by Crippen LogP contribution is -2.11. The zero-order valence-corrected chi connectivity index (χ0v) is 9.18. The maximum atomic E-state index is 10.7. The van der Waals surface area contributed by atoms with Crippen molar-refractivity contribution in [2.24, 2.45) is 0 Å². The molecule has 5 heteroatoms. The summed E-state index contributed by atoms with van der Waals surface area (Å²) in [6.45, 7) is 4.17. The van der Waals surface area contributed by atoms with E-state index in [-0.39, 0.29) is 12.6 Å². The number of nitrogens with zero attached hydrogens (tertiary/aromatic N) is 3. The smallest absolute Gasteiger partial charge is 0.172 e. The molecule has 0 aliphatic carbocycles. The zero-order chi connectivity index (χ0) is 11.3. The van der Waals surface area contributed by atoms with Crippen LogP contribution in [-0.4, -0.2) is 33.0 Å². The lowest BCUT2D eigenvalue weighted by atomic mass is 10.1. The quantitative estimate of drug-likeness (QED) is 0.712. The van der Waals surface area contributed by atoms with Crippen LogP contribution in [0.2, 0.25) is 0 Å². The van der Waals surface area contributed by atoms with Crippen molar-refractivity contribution in [3.8, 4) is 0 Å². The standard InChI is InChI=1S/C10H17N3O2/c1-3-10-9(7-15)11-12-13(10)8(2)5-4-6-14/h7-8,14H,3-6H2,1-2H3. The molecule has 0 radical (unpaired) electrons. The Bertz CT molecular complexity index is 322. The highest BCUT2D eigenvalue weighted by Gasteiger charge is 2.14. The average Bonchev–Trinajstić information content (AvgIpc) is 2.68. The molecule has 0 amide bonds. The van der Waals surface area contributed by atoms with Crippen molar-refractivity contribution in [1.29, 1.82) is 0 Å². The predicted octanol–water partition coefficient (Wildman–Crippen LogP) is 0.986. The van der Waals surface area contributed by atoms with Gasteiger partial charge in [-0.3, -0.25) is 4.79 Å². The second-order valence-electron chi connectivity index (χ2n) is 3.55. The molecule has 1 heterocycles. The molecule has 0 aliphatic heterocycles. The number of hydrogen-bond acceptors (Lipinski definition) is 4. The Balaban J connectivity index is 2.83. The molecule has 1 N–H and O–H groups in total. The first kappa shape index (κ1) is 11.8. The van der Waals surface area contributed by atoms with Crippen LogP contribution in [0.1, 0.15) is 48.9 Å². The van der Waals surface area contributed by atoms with Gasteiger partial charge in [0.25, 0.3) is 0 Å². The van der Waals surface area contributed by atoms with Gasteiger partial charge in [-0.2, -0.15) is 0 Å². The molecule has 84 valence electrons. The second kappa shape index (κ2) is 5.60. The normalized spacial score (nSPS) is 12.7. The van der Waals surface area contributed by atoms with Gasteiger partial charge in [0.15, 0.2) is 6.29 Å². The summed E-state index contributed by atoms with van der Waals surface area (Å²) < 4.78 is 1.78.